The zero-order valence-corrected chi connectivity index (χ0v) is 14.6. The van der Waals surface area contributed by atoms with Crippen molar-refractivity contribution in [2.45, 2.75) is 13.1 Å². The van der Waals surface area contributed by atoms with Crippen molar-refractivity contribution in [3.05, 3.63) is 94.5 Å². The van der Waals surface area contributed by atoms with Crippen LogP contribution in [0.5, 0.6) is 0 Å². The van der Waals surface area contributed by atoms with E-state index < -0.39 is 0 Å². The van der Waals surface area contributed by atoms with Crippen molar-refractivity contribution in [1.82, 2.24) is 10.3 Å². The minimum atomic E-state index is -0.266. The number of halogens is 2. The van der Waals surface area contributed by atoms with Gasteiger partial charge in [-0.25, -0.2) is 4.39 Å². The summed E-state index contributed by atoms with van der Waals surface area (Å²) in [6, 6.07) is 17.0. The Hall–Kier alpha value is -2.92. The lowest BCUT2D eigenvalue weighted by molar-refractivity contribution is 0.0946. The van der Waals surface area contributed by atoms with Crippen molar-refractivity contribution in [3.63, 3.8) is 0 Å². The Kier molecular flexibility index (Phi) is 5.81. The van der Waals surface area contributed by atoms with Crippen molar-refractivity contribution < 1.29 is 9.18 Å². The third-order valence-corrected chi connectivity index (χ3v) is 4.02. The summed E-state index contributed by atoms with van der Waals surface area (Å²) in [4.78, 5) is 16.4. The number of carbonyl (C=O) groups excluding carboxylic acids is 1. The Morgan fingerprint density at radius 2 is 1.62 bits per heavy atom. The fourth-order valence-corrected chi connectivity index (χ4v) is 2.47. The molecular weight excluding hydrogens is 353 g/mol. The lowest BCUT2D eigenvalue weighted by Gasteiger charge is -2.09. The van der Waals surface area contributed by atoms with Crippen LogP contribution in [-0.4, -0.2) is 10.9 Å². The third-order valence-electron chi connectivity index (χ3n) is 3.77. The predicted octanol–water partition coefficient (Wildman–Crippen LogP) is 4.42. The van der Waals surface area contributed by atoms with Gasteiger partial charge in [0.25, 0.3) is 5.91 Å². The van der Waals surface area contributed by atoms with E-state index in [-0.39, 0.29) is 11.7 Å². The molecule has 0 bridgehead atoms. The number of hydrogen-bond acceptors (Lipinski definition) is 3. The number of rotatable bonds is 6. The van der Waals surface area contributed by atoms with Gasteiger partial charge < -0.3 is 10.6 Å². The largest absolute Gasteiger partial charge is 0.381 e. The van der Waals surface area contributed by atoms with Crippen LogP contribution < -0.4 is 10.6 Å². The van der Waals surface area contributed by atoms with Crippen molar-refractivity contribution >= 4 is 23.2 Å². The van der Waals surface area contributed by atoms with E-state index in [1.807, 2.05) is 12.1 Å². The summed E-state index contributed by atoms with van der Waals surface area (Å²) in [5.74, 6) is -0.525. The van der Waals surface area contributed by atoms with Crippen LogP contribution in [0.4, 0.5) is 10.1 Å². The number of hydrogen-bond donors (Lipinski definition) is 2. The van der Waals surface area contributed by atoms with Gasteiger partial charge in [0, 0.05) is 30.0 Å². The zero-order valence-electron chi connectivity index (χ0n) is 13.9. The van der Waals surface area contributed by atoms with Crippen LogP contribution >= 0.6 is 11.6 Å². The molecule has 0 aliphatic heterocycles. The fraction of sp³-hybridized carbons (Fsp3) is 0.100. The van der Waals surface area contributed by atoms with Gasteiger partial charge in [0.15, 0.2) is 0 Å². The summed E-state index contributed by atoms with van der Waals surface area (Å²) in [5.41, 5.74) is 2.98. The third kappa shape index (κ3) is 5.04. The van der Waals surface area contributed by atoms with Crippen LogP contribution in [0, 0.1) is 5.82 Å². The second-order valence-electron chi connectivity index (χ2n) is 5.72. The molecule has 0 saturated carbocycles. The molecule has 26 heavy (non-hydrogen) atoms. The average molecular weight is 370 g/mol. The van der Waals surface area contributed by atoms with Crippen molar-refractivity contribution in [3.8, 4) is 0 Å². The monoisotopic (exact) mass is 369 g/mol. The van der Waals surface area contributed by atoms with Gasteiger partial charge in [-0.15, -0.1) is 0 Å². The number of anilines is 1. The number of nitrogens with one attached hydrogen (secondary N) is 2. The Labute approximate surface area is 156 Å². The molecular formula is C20H17ClFN3O. The van der Waals surface area contributed by atoms with Crippen molar-refractivity contribution in [2.75, 3.05) is 5.32 Å². The molecule has 3 aromatic rings. The minimum absolute atomic E-state index is 0.259. The van der Waals surface area contributed by atoms with Crippen LogP contribution in [0.25, 0.3) is 0 Å². The highest BCUT2D eigenvalue weighted by atomic mass is 35.5. The normalized spacial score (nSPS) is 10.4. The first-order chi connectivity index (χ1) is 12.6. The summed E-state index contributed by atoms with van der Waals surface area (Å²) >= 11 is 5.85. The highest BCUT2D eigenvalue weighted by Gasteiger charge is 2.08. The maximum atomic E-state index is 12.9. The van der Waals surface area contributed by atoms with E-state index in [9.17, 15) is 9.18 Å². The van der Waals surface area contributed by atoms with E-state index >= 15 is 0 Å². The van der Waals surface area contributed by atoms with E-state index in [1.165, 1.54) is 12.1 Å². The van der Waals surface area contributed by atoms with Gasteiger partial charge >= 0.3 is 0 Å². The van der Waals surface area contributed by atoms with Gasteiger partial charge in [-0.05, 0) is 47.5 Å². The maximum absolute atomic E-state index is 12.9. The van der Waals surface area contributed by atoms with E-state index in [0.717, 1.165) is 16.8 Å². The topological polar surface area (TPSA) is 54.0 Å². The van der Waals surface area contributed by atoms with Crippen LogP contribution in [0.2, 0.25) is 5.02 Å². The van der Waals surface area contributed by atoms with E-state index in [0.29, 0.717) is 23.8 Å². The van der Waals surface area contributed by atoms with E-state index in [1.54, 1.807) is 42.6 Å². The molecule has 3 rings (SSSR count). The number of nitrogens with zero attached hydrogens (tertiary/aromatic N) is 1. The molecule has 0 unspecified atom stereocenters. The number of aromatic nitrogens is 1. The Morgan fingerprint density at radius 3 is 2.35 bits per heavy atom. The first-order valence-corrected chi connectivity index (χ1v) is 8.45. The summed E-state index contributed by atoms with van der Waals surface area (Å²) in [5, 5.41) is 6.68. The van der Waals surface area contributed by atoms with E-state index in [2.05, 4.69) is 15.6 Å². The summed E-state index contributed by atoms with van der Waals surface area (Å²) in [6.45, 7) is 0.918. The number of benzene rings is 2. The average Bonchev–Trinajstić information content (AvgIpc) is 2.67. The smallest absolute Gasteiger partial charge is 0.270 e. The highest BCUT2D eigenvalue weighted by Crippen LogP contribution is 2.12. The van der Waals surface area contributed by atoms with Gasteiger partial charge in [0.2, 0.25) is 0 Å². The Bertz CT molecular complexity index is 882. The minimum Gasteiger partial charge on any atom is -0.381 e. The fourth-order valence-electron chi connectivity index (χ4n) is 2.35. The number of carbonyl (C=O) groups is 1. The molecule has 4 nitrogen and oxygen atoms in total. The Morgan fingerprint density at radius 1 is 0.962 bits per heavy atom. The molecule has 1 heterocycles. The lowest BCUT2D eigenvalue weighted by atomic mass is 10.2. The zero-order chi connectivity index (χ0) is 18.4. The summed E-state index contributed by atoms with van der Waals surface area (Å²) in [6.07, 6.45) is 1.57. The second-order valence-corrected chi connectivity index (χ2v) is 6.16. The molecule has 0 spiro atoms. The SMILES string of the molecule is O=C(NCc1ccc(Cl)cc1)c1cc(NCc2ccc(F)cc2)ccn1. The van der Waals surface area contributed by atoms with Crippen LogP contribution in [0.15, 0.2) is 66.9 Å². The molecule has 0 aliphatic carbocycles. The summed E-state index contributed by atoms with van der Waals surface area (Å²) in [7, 11) is 0. The van der Waals surface area contributed by atoms with Gasteiger partial charge in [-0.3, -0.25) is 9.78 Å². The van der Waals surface area contributed by atoms with Gasteiger partial charge in [-0.2, -0.15) is 0 Å². The predicted molar refractivity (Wildman–Crippen MR) is 101 cm³/mol. The molecule has 1 amide bonds. The van der Waals surface area contributed by atoms with Crippen LogP contribution in [0.1, 0.15) is 21.6 Å². The van der Waals surface area contributed by atoms with Gasteiger partial charge in [-0.1, -0.05) is 35.9 Å². The highest BCUT2D eigenvalue weighted by molar-refractivity contribution is 6.30. The maximum Gasteiger partial charge on any atom is 0.270 e. The van der Waals surface area contributed by atoms with Crippen molar-refractivity contribution in [1.29, 1.82) is 0 Å². The standard InChI is InChI=1S/C20H17ClFN3O/c21-16-5-1-14(2-6-16)13-25-20(26)19-11-18(9-10-23-19)24-12-15-3-7-17(22)8-4-15/h1-11H,12-13H2,(H,23,24)(H,25,26). The Balaban J connectivity index is 1.58. The first-order valence-electron chi connectivity index (χ1n) is 8.07. The molecule has 0 saturated heterocycles. The molecule has 0 aliphatic rings. The van der Waals surface area contributed by atoms with Crippen LogP contribution in [0.3, 0.4) is 0 Å². The quantitative estimate of drug-likeness (QED) is 0.676. The molecule has 2 N–H and O–H groups in total. The van der Waals surface area contributed by atoms with Crippen molar-refractivity contribution in [2.24, 2.45) is 0 Å². The molecule has 0 atom stereocenters. The number of pyridine rings is 1. The lowest BCUT2D eigenvalue weighted by Crippen LogP contribution is -2.23. The molecule has 6 heteroatoms. The summed E-state index contributed by atoms with van der Waals surface area (Å²) < 4.78 is 12.9. The molecule has 132 valence electrons. The van der Waals surface area contributed by atoms with Crippen LogP contribution in [-0.2, 0) is 13.1 Å². The number of amides is 1. The molecule has 2 aromatic carbocycles. The first kappa shape index (κ1) is 17.9. The molecule has 1 aromatic heterocycles. The molecule has 0 fully saturated rings. The second kappa shape index (κ2) is 8.45. The molecule has 0 radical (unpaired) electrons. The van der Waals surface area contributed by atoms with Gasteiger partial charge in [0.1, 0.15) is 11.5 Å². The van der Waals surface area contributed by atoms with E-state index in [4.69, 9.17) is 11.6 Å². The van der Waals surface area contributed by atoms with Gasteiger partial charge in [0.05, 0.1) is 0 Å².